The lowest BCUT2D eigenvalue weighted by atomic mass is 9.84. The molecule has 8 heteroatoms. The van der Waals surface area contributed by atoms with Crippen molar-refractivity contribution >= 4 is 11.9 Å². The van der Waals surface area contributed by atoms with Crippen LogP contribution in [0.5, 0.6) is 0 Å². The van der Waals surface area contributed by atoms with Gasteiger partial charge in [-0.2, -0.15) is 4.98 Å². The van der Waals surface area contributed by atoms with Crippen molar-refractivity contribution in [2.45, 2.75) is 69.5 Å². The molecular formula is C19H31N5O3. The van der Waals surface area contributed by atoms with Crippen molar-refractivity contribution in [3.63, 3.8) is 0 Å². The van der Waals surface area contributed by atoms with Gasteiger partial charge in [-0.3, -0.25) is 4.57 Å². The molecule has 1 heterocycles. The fraction of sp³-hybridized carbons (Fsp3) is 0.737. The quantitative estimate of drug-likeness (QED) is 0.724. The van der Waals surface area contributed by atoms with Gasteiger partial charge in [-0.05, 0) is 70.4 Å². The number of rotatable bonds is 5. The van der Waals surface area contributed by atoms with Crippen molar-refractivity contribution < 1.29 is 9.90 Å². The second kappa shape index (κ2) is 8.73. The Labute approximate surface area is 159 Å². The summed E-state index contributed by atoms with van der Waals surface area (Å²) in [5.74, 6) is 0.929. The van der Waals surface area contributed by atoms with Gasteiger partial charge in [0.05, 0.1) is 0 Å². The van der Waals surface area contributed by atoms with Crippen LogP contribution in [0.4, 0.5) is 10.6 Å². The van der Waals surface area contributed by atoms with Crippen LogP contribution >= 0.6 is 0 Å². The Balaban J connectivity index is 1.44. The SMILES string of the molecule is CN(C[C@H]1CC[C@H](n2ccc(N)nc2=O)CC1)[C@H]1CC[C@H](NC(=O)O)CC1. The second-order valence-corrected chi connectivity index (χ2v) is 8.11. The topological polar surface area (TPSA) is 113 Å². The average molecular weight is 377 g/mol. The highest BCUT2D eigenvalue weighted by Crippen LogP contribution is 2.33. The first-order valence-electron chi connectivity index (χ1n) is 9.96. The average Bonchev–Trinajstić information content (AvgIpc) is 2.63. The van der Waals surface area contributed by atoms with Gasteiger partial charge in [-0.25, -0.2) is 9.59 Å². The van der Waals surface area contributed by atoms with E-state index >= 15 is 0 Å². The molecule has 0 bridgehead atoms. The number of nitrogens with one attached hydrogen (secondary N) is 1. The Hall–Kier alpha value is -2.09. The summed E-state index contributed by atoms with van der Waals surface area (Å²) in [5, 5.41) is 11.4. The van der Waals surface area contributed by atoms with Gasteiger partial charge in [-0.1, -0.05) is 0 Å². The second-order valence-electron chi connectivity index (χ2n) is 8.11. The Morgan fingerprint density at radius 1 is 1.26 bits per heavy atom. The maximum absolute atomic E-state index is 12.0. The normalized spacial score (nSPS) is 28.8. The minimum Gasteiger partial charge on any atom is -0.465 e. The molecule has 150 valence electrons. The van der Waals surface area contributed by atoms with E-state index in [0.717, 1.165) is 57.9 Å². The Bertz CT molecular complexity index is 691. The van der Waals surface area contributed by atoms with Gasteiger partial charge in [0.2, 0.25) is 0 Å². The molecule has 0 aliphatic heterocycles. The molecule has 0 saturated heterocycles. The van der Waals surface area contributed by atoms with Crippen LogP contribution in [0, 0.1) is 5.92 Å². The van der Waals surface area contributed by atoms with E-state index in [4.69, 9.17) is 10.8 Å². The van der Waals surface area contributed by atoms with Gasteiger partial charge < -0.3 is 21.1 Å². The lowest BCUT2D eigenvalue weighted by molar-refractivity contribution is 0.129. The molecule has 3 rings (SSSR count). The van der Waals surface area contributed by atoms with Crippen LogP contribution in [0.3, 0.4) is 0 Å². The molecule has 0 radical (unpaired) electrons. The Morgan fingerprint density at radius 2 is 1.93 bits per heavy atom. The van der Waals surface area contributed by atoms with Crippen LogP contribution in [-0.2, 0) is 0 Å². The largest absolute Gasteiger partial charge is 0.465 e. The molecule has 8 nitrogen and oxygen atoms in total. The molecule has 2 aliphatic rings. The van der Waals surface area contributed by atoms with Crippen LogP contribution in [0.1, 0.15) is 57.4 Å². The maximum Gasteiger partial charge on any atom is 0.404 e. The number of nitrogens with two attached hydrogens (primary N) is 1. The zero-order valence-corrected chi connectivity index (χ0v) is 16.0. The summed E-state index contributed by atoms with van der Waals surface area (Å²) in [4.78, 5) is 29.1. The number of nitrogens with zero attached hydrogens (tertiary/aromatic N) is 3. The smallest absolute Gasteiger partial charge is 0.404 e. The minimum atomic E-state index is -0.918. The zero-order valence-electron chi connectivity index (χ0n) is 16.0. The van der Waals surface area contributed by atoms with Crippen molar-refractivity contribution in [1.29, 1.82) is 0 Å². The van der Waals surface area contributed by atoms with Crippen molar-refractivity contribution in [2.24, 2.45) is 5.92 Å². The number of nitrogen functional groups attached to an aromatic ring is 1. The highest BCUT2D eigenvalue weighted by Gasteiger charge is 2.28. The maximum atomic E-state index is 12.0. The summed E-state index contributed by atoms with van der Waals surface area (Å²) in [6, 6.07) is 2.56. The molecule has 1 aromatic rings. The third kappa shape index (κ3) is 5.22. The molecule has 0 aromatic carbocycles. The molecule has 2 aliphatic carbocycles. The third-order valence-electron chi connectivity index (χ3n) is 6.26. The van der Waals surface area contributed by atoms with Crippen molar-refractivity contribution in [2.75, 3.05) is 19.3 Å². The number of hydrogen-bond acceptors (Lipinski definition) is 5. The molecule has 0 unspecified atom stereocenters. The van der Waals surface area contributed by atoms with E-state index in [9.17, 15) is 9.59 Å². The van der Waals surface area contributed by atoms with Gasteiger partial charge in [0.15, 0.2) is 0 Å². The van der Waals surface area contributed by atoms with Crippen LogP contribution in [-0.4, -0.2) is 51.3 Å². The van der Waals surface area contributed by atoms with Gasteiger partial charge in [-0.15, -0.1) is 0 Å². The van der Waals surface area contributed by atoms with Gasteiger partial charge in [0.1, 0.15) is 5.82 Å². The molecular weight excluding hydrogens is 346 g/mol. The lowest BCUT2D eigenvalue weighted by Gasteiger charge is -2.38. The summed E-state index contributed by atoms with van der Waals surface area (Å²) in [6.07, 6.45) is 9.00. The minimum absolute atomic E-state index is 0.106. The number of anilines is 1. The van der Waals surface area contributed by atoms with Crippen molar-refractivity contribution in [3.8, 4) is 0 Å². The monoisotopic (exact) mass is 377 g/mol. The number of carboxylic acid groups (broad SMARTS) is 1. The molecule has 4 N–H and O–H groups in total. The highest BCUT2D eigenvalue weighted by molar-refractivity contribution is 5.64. The van der Waals surface area contributed by atoms with Crippen LogP contribution in [0.25, 0.3) is 0 Å². The fourth-order valence-electron chi connectivity index (χ4n) is 4.70. The van der Waals surface area contributed by atoms with Gasteiger partial charge in [0, 0.05) is 30.9 Å². The van der Waals surface area contributed by atoms with Gasteiger partial charge in [0.25, 0.3) is 0 Å². The summed E-state index contributed by atoms with van der Waals surface area (Å²) >= 11 is 0. The number of aromatic nitrogens is 2. The highest BCUT2D eigenvalue weighted by atomic mass is 16.4. The summed E-state index contributed by atoms with van der Waals surface area (Å²) in [7, 11) is 2.19. The van der Waals surface area contributed by atoms with Crippen molar-refractivity contribution in [1.82, 2.24) is 19.8 Å². The van der Waals surface area contributed by atoms with E-state index in [2.05, 4.69) is 22.2 Å². The van der Waals surface area contributed by atoms with E-state index in [1.54, 1.807) is 16.8 Å². The number of amides is 1. The molecule has 0 spiro atoms. The first-order chi connectivity index (χ1) is 12.9. The molecule has 0 atom stereocenters. The predicted molar refractivity (Wildman–Crippen MR) is 104 cm³/mol. The van der Waals surface area contributed by atoms with E-state index in [1.807, 2.05) is 0 Å². The summed E-state index contributed by atoms with van der Waals surface area (Å²) in [5.41, 5.74) is 5.33. The Morgan fingerprint density at radius 3 is 2.52 bits per heavy atom. The number of hydrogen-bond donors (Lipinski definition) is 3. The van der Waals surface area contributed by atoms with E-state index in [-0.39, 0.29) is 23.6 Å². The molecule has 27 heavy (non-hydrogen) atoms. The first kappa shape index (κ1) is 19.7. The molecule has 2 fully saturated rings. The zero-order chi connectivity index (χ0) is 19.4. The van der Waals surface area contributed by atoms with Gasteiger partial charge >= 0.3 is 11.8 Å². The van der Waals surface area contributed by atoms with Crippen LogP contribution < -0.4 is 16.7 Å². The first-order valence-corrected chi connectivity index (χ1v) is 9.96. The lowest BCUT2D eigenvalue weighted by Crippen LogP contribution is -2.44. The van der Waals surface area contributed by atoms with E-state index in [1.165, 1.54) is 0 Å². The molecule has 1 amide bonds. The van der Waals surface area contributed by atoms with E-state index in [0.29, 0.717) is 12.0 Å². The van der Waals surface area contributed by atoms with Crippen LogP contribution in [0.2, 0.25) is 0 Å². The summed E-state index contributed by atoms with van der Waals surface area (Å²) < 4.78 is 1.73. The Kier molecular flexibility index (Phi) is 6.36. The number of carbonyl (C=O) groups is 1. The summed E-state index contributed by atoms with van der Waals surface area (Å²) in [6.45, 7) is 1.07. The van der Waals surface area contributed by atoms with Crippen LogP contribution in [0.15, 0.2) is 17.1 Å². The van der Waals surface area contributed by atoms with E-state index < -0.39 is 6.09 Å². The molecule has 1 aromatic heterocycles. The predicted octanol–water partition coefficient (Wildman–Crippen LogP) is 2.07. The fourth-order valence-corrected chi connectivity index (χ4v) is 4.70. The third-order valence-corrected chi connectivity index (χ3v) is 6.26. The standard InChI is InChI=1S/C19H31N5O3/c1-23(15-8-4-14(5-9-15)21-19(26)27)12-13-2-6-16(7-3-13)24-11-10-17(20)22-18(24)25/h10-11,13-16,21H,2-9,12H2,1H3,(H,26,27)(H2,20,22,25)/t13-,14-,15-,16-. The van der Waals surface area contributed by atoms with Crippen molar-refractivity contribution in [3.05, 3.63) is 22.7 Å². The molecule has 2 saturated carbocycles.